The van der Waals surface area contributed by atoms with E-state index in [0.717, 1.165) is 0 Å². The average molecular weight is 276 g/mol. The number of benzene rings is 1. The molecule has 1 aromatic rings. The molecule has 0 spiro atoms. The molecule has 0 heterocycles. The fourth-order valence-corrected chi connectivity index (χ4v) is 1.42. The van der Waals surface area contributed by atoms with Crippen molar-refractivity contribution >= 4 is 27.6 Å². The van der Waals surface area contributed by atoms with Gasteiger partial charge in [-0.15, -0.1) is 0 Å². The molecule has 0 saturated heterocycles. The molecule has 0 aliphatic rings. The highest BCUT2D eigenvalue weighted by atomic mass is 79.9. The molecule has 0 amide bonds. The van der Waals surface area contributed by atoms with Gasteiger partial charge in [-0.25, -0.2) is 4.39 Å². The lowest BCUT2D eigenvalue weighted by atomic mass is 10.1. The molecule has 0 radical (unpaired) electrons. The predicted octanol–water partition coefficient (Wildman–Crippen LogP) is 2.28. The fourth-order valence-electron chi connectivity index (χ4n) is 1.12. The standard InChI is InChI=1S/C10H11BrFNO2/c1-2-15-8(14)5-6-3-4-7(11)10(13)9(6)12/h3-4H,2,5,13H2,1H3. The summed E-state index contributed by atoms with van der Waals surface area (Å²) in [6.45, 7) is 1.98. The SMILES string of the molecule is CCOC(=O)Cc1ccc(Br)c(N)c1F. The van der Waals surface area contributed by atoms with Crippen LogP contribution in [0.5, 0.6) is 0 Å². The summed E-state index contributed by atoms with van der Waals surface area (Å²) < 4.78 is 18.7. The van der Waals surface area contributed by atoms with Crippen molar-refractivity contribution in [2.45, 2.75) is 13.3 Å². The third kappa shape index (κ3) is 2.92. The lowest BCUT2D eigenvalue weighted by molar-refractivity contribution is -0.142. The van der Waals surface area contributed by atoms with E-state index < -0.39 is 11.8 Å². The van der Waals surface area contributed by atoms with Gasteiger partial charge < -0.3 is 10.5 Å². The molecule has 82 valence electrons. The van der Waals surface area contributed by atoms with Gasteiger partial charge in [-0.3, -0.25) is 4.79 Å². The molecule has 2 N–H and O–H groups in total. The van der Waals surface area contributed by atoms with Gasteiger partial charge in [0, 0.05) is 10.0 Å². The Labute approximate surface area is 95.5 Å². The Morgan fingerprint density at radius 2 is 2.27 bits per heavy atom. The highest BCUT2D eigenvalue weighted by Crippen LogP contribution is 2.25. The summed E-state index contributed by atoms with van der Waals surface area (Å²) in [6, 6.07) is 3.11. The van der Waals surface area contributed by atoms with Crippen LogP contribution in [0.2, 0.25) is 0 Å². The maximum Gasteiger partial charge on any atom is 0.310 e. The maximum atomic E-state index is 13.5. The minimum atomic E-state index is -0.572. The van der Waals surface area contributed by atoms with E-state index in [1.54, 1.807) is 13.0 Å². The zero-order chi connectivity index (χ0) is 11.4. The molecule has 3 nitrogen and oxygen atoms in total. The van der Waals surface area contributed by atoms with Crippen LogP contribution in [0.4, 0.5) is 10.1 Å². The number of carbonyl (C=O) groups is 1. The van der Waals surface area contributed by atoms with Gasteiger partial charge in [0.15, 0.2) is 5.82 Å². The van der Waals surface area contributed by atoms with Crippen LogP contribution in [0.15, 0.2) is 16.6 Å². The monoisotopic (exact) mass is 275 g/mol. The summed E-state index contributed by atoms with van der Waals surface area (Å²) in [5, 5.41) is 0. The van der Waals surface area contributed by atoms with Crippen LogP contribution in [0, 0.1) is 5.82 Å². The van der Waals surface area contributed by atoms with Gasteiger partial charge in [-0.1, -0.05) is 6.07 Å². The van der Waals surface area contributed by atoms with Crippen molar-refractivity contribution in [1.82, 2.24) is 0 Å². The Hall–Kier alpha value is -1.10. The van der Waals surface area contributed by atoms with Gasteiger partial charge in [0.05, 0.1) is 18.7 Å². The molecule has 0 aliphatic carbocycles. The number of hydrogen-bond acceptors (Lipinski definition) is 3. The van der Waals surface area contributed by atoms with E-state index in [1.165, 1.54) is 6.07 Å². The minimum Gasteiger partial charge on any atom is -0.466 e. The summed E-state index contributed by atoms with van der Waals surface area (Å²) in [6.07, 6.45) is -0.100. The van der Waals surface area contributed by atoms with Gasteiger partial charge in [0.1, 0.15) is 0 Å². The Morgan fingerprint density at radius 3 is 2.87 bits per heavy atom. The third-order valence-electron chi connectivity index (χ3n) is 1.85. The van der Waals surface area contributed by atoms with E-state index in [2.05, 4.69) is 15.9 Å². The number of esters is 1. The Kier molecular flexibility index (Phi) is 4.08. The molecule has 0 fully saturated rings. The van der Waals surface area contributed by atoms with Crippen LogP contribution in [-0.4, -0.2) is 12.6 Å². The molecular formula is C10H11BrFNO2. The largest absolute Gasteiger partial charge is 0.466 e. The van der Waals surface area contributed by atoms with Gasteiger partial charge >= 0.3 is 5.97 Å². The van der Waals surface area contributed by atoms with Crippen LogP contribution in [-0.2, 0) is 16.0 Å². The number of halogens is 2. The first-order chi connectivity index (χ1) is 7.06. The van der Waals surface area contributed by atoms with Crippen molar-refractivity contribution in [3.63, 3.8) is 0 Å². The molecule has 0 bridgehead atoms. The second kappa shape index (κ2) is 5.11. The zero-order valence-corrected chi connectivity index (χ0v) is 9.80. The van der Waals surface area contributed by atoms with Crippen molar-refractivity contribution in [2.75, 3.05) is 12.3 Å². The van der Waals surface area contributed by atoms with Gasteiger partial charge in [-0.05, 0) is 28.9 Å². The maximum absolute atomic E-state index is 13.5. The molecule has 15 heavy (non-hydrogen) atoms. The predicted molar refractivity (Wildman–Crippen MR) is 58.8 cm³/mol. The van der Waals surface area contributed by atoms with Crippen LogP contribution < -0.4 is 5.73 Å². The average Bonchev–Trinajstić information content (AvgIpc) is 2.20. The molecular weight excluding hydrogens is 265 g/mol. The fraction of sp³-hybridized carbons (Fsp3) is 0.300. The van der Waals surface area contributed by atoms with Gasteiger partial charge in [0.25, 0.3) is 0 Å². The Balaban J connectivity index is 2.87. The molecule has 1 rings (SSSR count). The highest BCUT2D eigenvalue weighted by molar-refractivity contribution is 9.10. The summed E-state index contributed by atoms with van der Waals surface area (Å²) in [7, 11) is 0. The first-order valence-electron chi connectivity index (χ1n) is 4.44. The molecule has 0 aliphatic heterocycles. The number of rotatable bonds is 3. The first kappa shape index (κ1) is 12.0. The number of carbonyl (C=O) groups excluding carboxylic acids is 1. The number of ether oxygens (including phenoxy) is 1. The van der Waals surface area contributed by atoms with Crippen LogP contribution in [0.3, 0.4) is 0 Å². The topological polar surface area (TPSA) is 52.3 Å². The second-order valence-electron chi connectivity index (χ2n) is 2.92. The first-order valence-corrected chi connectivity index (χ1v) is 5.23. The third-order valence-corrected chi connectivity index (χ3v) is 2.54. The number of hydrogen-bond donors (Lipinski definition) is 1. The van der Waals surface area contributed by atoms with Crippen LogP contribution >= 0.6 is 15.9 Å². The van der Waals surface area contributed by atoms with Crippen LogP contribution in [0.25, 0.3) is 0 Å². The summed E-state index contributed by atoms with van der Waals surface area (Å²) in [4.78, 5) is 11.1. The van der Waals surface area contributed by atoms with E-state index in [9.17, 15) is 9.18 Å². The quantitative estimate of drug-likeness (QED) is 0.680. The van der Waals surface area contributed by atoms with Crippen molar-refractivity contribution in [2.24, 2.45) is 0 Å². The number of nitrogen functional groups attached to an aromatic ring is 1. The second-order valence-corrected chi connectivity index (χ2v) is 3.77. The Morgan fingerprint density at radius 1 is 1.60 bits per heavy atom. The molecule has 0 unspecified atom stereocenters. The summed E-state index contributed by atoms with van der Waals surface area (Å²) in [5.41, 5.74) is 5.71. The number of nitrogens with two attached hydrogens (primary N) is 1. The smallest absolute Gasteiger partial charge is 0.310 e. The van der Waals surface area contributed by atoms with Gasteiger partial charge in [-0.2, -0.15) is 0 Å². The lowest BCUT2D eigenvalue weighted by Gasteiger charge is -2.06. The lowest BCUT2D eigenvalue weighted by Crippen LogP contribution is -2.09. The van der Waals surface area contributed by atoms with Crippen molar-refractivity contribution in [1.29, 1.82) is 0 Å². The van der Waals surface area contributed by atoms with Crippen LogP contribution in [0.1, 0.15) is 12.5 Å². The number of anilines is 1. The van der Waals surface area contributed by atoms with E-state index in [4.69, 9.17) is 10.5 Å². The summed E-state index contributed by atoms with van der Waals surface area (Å²) >= 11 is 3.10. The molecule has 5 heteroatoms. The molecule has 0 aromatic heterocycles. The van der Waals surface area contributed by atoms with E-state index in [0.29, 0.717) is 4.47 Å². The van der Waals surface area contributed by atoms with Crippen molar-refractivity contribution in [3.05, 3.63) is 28.0 Å². The van der Waals surface area contributed by atoms with Crippen molar-refractivity contribution in [3.8, 4) is 0 Å². The zero-order valence-electron chi connectivity index (χ0n) is 8.22. The van der Waals surface area contributed by atoms with Gasteiger partial charge in [0.2, 0.25) is 0 Å². The highest BCUT2D eigenvalue weighted by Gasteiger charge is 2.12. The Bertz CT molecular complexity index is 382. The molecule has 1 aromatic carbocycles. The summed E-state index contributed by atoms with van der Waals surface area (Å²) in [5.74, 6) is -1.03. The molecule has 0 saturated carbocycles. The molecule has 0 atom stereocenters. The normalized spacial score (nSPS) is 10.1. The minimum absolute atomic E-state index is 0.0109. The van der Waals surface area contributed by atoms with Crippen molar-refractivity contribution < 1.29 is 13.9 Å². The van der Waals surface area contributed by atoms with E-state index in [1.807, 2.05) is 0 Å². The van der Waals surface area contributed by atoms with E-state index >= 15 is 0 Å². The van der Waals surface area contributed by atoms with E-state index in [-0.39, 0.29) is 24.3 Å².